The third-order valence-electron chi connectivity index (χ3n) is 2.82. The van der Waals surface area contributed by atoms with E-state index >= 15 is 0 Å². The quantitative estimate of drug-likeness (QED) is 0.697. The van der Waals surface area contributed by atoms with Crippen LogP contribution in [0.25, 0.3) is 5.95 Å². The van der Waals surface area contributed by atoms with Gasteiger partial charge in [0.15, 0.2) is 0 Å². The molecule has 8 heteroatoms. The van der Waals surface area contributed by atoms with E-state index in [1.54, 1.807) is 23.1 Å². The lowest BCUT2D eigenvalue weighted by Gasteiger charge is -2.21. The molecule has 0 amide bonds. The first-order chi connectivity index (χ1) is 10.0. The molecular weight excluding hydrogens is 270 g/mol. The van der Waals surface area contributed by atoms with E-state index in [0.29, 0.717) is 30.9 Å². The van der Waals surface area contributed by atoms with Crippen molar-refractivity contribution in [3.8, 4) is 5.95 Å². The molecule has 0 aliphatic rings. The molecule has 0 radical (unpaired) electrons. The number of anilines is 2. The summed E-state index contributed by atoms with van der Waals surface area (Å²) >= 11 is 0. The van der Waals surface area contributed by atoms with E-state index in [1.165, 1.54) is 0 Å². The van der Waals surface area contributed by atoms with Crippen LogP contribution in [0, 0.1) is 5.41 Å². The summed E-state index contributed by atoms with van der Waals surface area (Å²) < 4.78 is 1.57. The predicted octanol–water partition coefficient (Wildman–Crippen LogP) is 0.919. The zero-order valence-electron chi connectivity index (χ0n) is 12.5. The molecule has 0 bridgehead atoms. The minimum Gasteiger partial charge on any atom is -0.396 e. The fourth-order valence-corrected chi connectivity index (χ4v) is 1.54. The molecule has 0 aliphatic heterocycles. The van der Waals surface area contributed by atoms with Crippen LogP contribution in [0.4, 0.5) is 11.9 Å². The second kappa shape index (κ2) is 6.49. The summed E-state index contributed by atoms with van der Waals surface area (Å²) in [4.78, 5) is 13.0. The maximum Gasteiger partial charge on any atom is 0.257 e. The maximum absolute atomic E-state index is 9.30. The molecule has 21 heavy (non-hydrogen) atoms. The molecule has 0 saturated carbocycles. The number of hydrogen-bond acceptors (Lipinski definition) is 7. The Morgan fingerprint density at radius 3 is 2.48 bits per heavy atom. The summed E-state index contributed by atoms with van der Waals surface area (Å²) in [5, 5.41) is 19.6. The van der Waals surface area contributed by atoms with Gasteiger partial charge in [0.05, 0.1) is 0 Å². The number of aliphatic hydroxyl groups excluding tert-OH is 1. The molecule has 0 saturated heterocycles. The molecule has 0 aromatic carbocycles. The van der Waals surface area contributed by atoms with E-state index < -0.39 is 0 Å². The van der Waals surface area contributed by atoms with Crippen molar-refractivity contribution in [1.29, 1.82) is 0 Å². The molecule has 2 aromatic heterocycles. The molecule has 2 heterocycles. The number of nitrogens with zero attached hydrogens (tertiary/aromatic N) is 5. The highest BCUT2D eigenvalue weighted by molar-refractivity contribution is 5.37. The van der Waals surface area contributed by atoms with Gasteiger partial charge in [-0.2, -0.15) is 20.1 Å². The van der Waals surface area contributed by atoms with Crippen LogP contribution < -0.4 is 10.6 Å². The van der Waals surface area contributed by atoms with Gasteiger partial charge in [0.25, 0.3) is 5.95 Å². The molecule has 0 atom stereocenters. The highest BCUT2D eigenvalue weighted by Crippen LogP contribution is 2.15. The van der Waals surface area contributed by atoms with Crippen LogP contribution in [0.2, 0.25) is 0 Å². The average Bonchev–Trinajstić information content (AvgIpc) is 3.00. The Balaban J connectivity index is 2.24. The molecule has 0 fully saturated rings. The second-order valence-corrected chi connectivity index (χ2v) is 5.44. The summed E-state index contributed by atoms with van der Waals surface area (Å²) in [6, 6.07) is 1.80. The van der Waals surface area contributed by atoms with Crippen molar-refractivity contribution in [3.05, 3.63) is 18.5 Å². The summed E-state index contributed by atoms with van der Waals surface area (Å²) in [7, 11) is 0. The molecule has 114 valence electrons. The highest BCUT2D eigenvalue weighted by atomic mass is 16.3. The monoisotopic (exact) mass is 291 g/mol. The third kappa shape index (κ3) is 4.12. The van der Waals surface area contributed by atoms with E-state index in [2.05, 4.69) is 30.7 Å². The maximum atomic E-state index is 9.30. The van der Waals surface area contributed by atoms with E-state index in [1.807, 2.05) is 20.8 Å². The second-order valence-electron chi connectivity index (χ2n) is 5.44. The number of nitrogens with one attached hydrogen (secondary N) is 2. The van der Waals surface area contributed by atoms with Crippen LogP contribution in [0.3, 0.4) is 0 Å². The Labute approximate surface area is 123 Å². The Morgan fingerprint density at radius 1 is 1.19 bits per heavy atom. The van der Waals surface area contributed by atoms with Gasteiger partial charge in [-0.3, -0.25) is 0 Å². The van der Waals surface area contributed by atoms with Gasteiger partial charge in [-0.15, -0.1) is 0 Å². The zero-order valence-corrected chi connectivity index (χ0v) is 12.5. The van der Waals surface area contributed by atoms with Crippen molar-refractivity contribution < 1.29 is 5.11 Å². The molecule has 0 aliphatic carbocycles. The lowest BCUT2D eigenvalue weighted by molar-refractivity contribution is 0.170. The summed E-state index contributed by atoms with van der Waals surface area (Å²) in [6.45, 7) is 7.24. The smallest absolute Gasteiger partial charge is 0.257 e. The Morgan fingerprint density at radius 2 is 1.90 bits per heavy atom. The molecular formula is C13H21N7O. The Bertz CT molecular complexity index is 568. The fraction of sp³-hybridized carbons (Fsp3) is 0.538. The highest BCUT2D eigenvalue weighted by Gasteiger charge is 2.17. The number of aliphatic hydroxyl groups is 1. The van der Waals surface area contributed by atoms with Crippen molar-refractivity contribution in [3.63, 3.8) is 0 Å². The molecule has 0 unspecified atom stereocenters. The minimum absolute atomic E-state index is 0.0805. The van der Waals surface area contributed by atoms with E-state index in [9.17, 15) is 5.11 Å². The SMILES string of the molecule is CCNc1nc(NCC(C)(C)CO)nc(-n2cccn2)n1. The standard InChI is InChI=1S/C13H21N7O/c1-4-14-10-17-11(15-8-13(2,3)9-21)19-12(18-10)20-7-5-6-16-20/h5-7,21H,4,8-9H2,1-3H3,(H2,14,15,17,18,19). The predicted molar refractivity (Wildman–Crippen MR) is 80.5 cm³/mol. The van der Waals surface area contributed by atoms with E-state index in [4.69, 9.17) is 0 Å². The van der Waals surface area contributed by atoms with Gasteiger partial charge < -0.3 is 15.7 Å². The van der Waals surface area contributed by atoms with Crippen molar-refractivity contribution >= 4 is 11.9 Å². The van der Waals surface area contributed by atoms with Crippen molar-refractivity contribution in [2.24, 2.45) is 5.41 Å². The fourth-order valence-electron chi connectivity index (χ4n) is 1.54. The minimum atomic E-state index is -0.253. The van der Waals surface area contributed by atoms with Gasteiger partial charge in [0, 0.05) is 37.5 Å². The zero-order chi connectivity index (χ0) is 15.3. The number of aromatic nitrogens is 5. The van der Waals surface area contributed by atoms with Crippen molar-refractivity contribution in [2.75, 3.05) is 30.3 Å². The van der Waals surface area contributed by atoms with Crippen LogP contribution in [-0.4, -0.2) is 49.5 Å². The van der Waals surface area contributed by atoms with Gasteiger partial charge in [-0.25, -0.2) is 4.68 Å². The number of hydrogen-bond donors (Lipinski definition) is 3. The first-order valence-corrected chi connectivity index (χ1v) is 6.89. The van der Waals surface area contributed by atoms with Crippen LogP contribution in [0.5, 0.6) is 0 Å². The largest absolute Gasteiger partial charge is 0.396 e. The Hall–Kier alpha value is -2.22. The van der Waals surface area contributed by atoms with Gasteiger partial charge in [-0.1, -0.05) is 13.8 Å². The first-order valence-electron chi connectivity index (χ1n) is 6.89. The van der Waals surface area contributed by atoms with Gasteiger partial charge in [0.2, 0.25) is 11.9 Å². The molecule has 2 rings (SSSR count). The summed E-state index contributed by atoms with van der Waals surface area (Å²) in [6.07, 6.45) is 3.44. The van der Waals surface area contributed by atoms with Crippen molar-refractivity contribution in [1.82, 2.24) is 24.7 Å². The Kier molecular flexibility index (Phi) is 4.69. The van der Waals surface area contributed by atoms with Gasteiger partial charge in [0.1, 0.15) is 0 Å². The molecule has 2 aromatic rings. The lowest BCUT2D eigenvalue weighted by Crippen LogP contribution is -2.27. The van der Waals surface area contributed by atoms with Gasteiger partial charge >= 0.3 is 0 Å². The first kappa shape index (κ1) is 15.2. The van der Waals surface area contributed by atoms with Crippen molar-refractivity contribution in [2.45, 2.75) is 20.8 Å². The normalized spacial score (nSPS) is 11.4. The van der Waals surface area contributed by atoms with Crippen LogP contribution >= 0.6 is 0 Å². The third-order valence-corrected chi connectivity index (χ3v) is 2.82. The molecule has 3 N–H and O–H groups in total. The van der Waals surface area contributed by atoms with Crippen LogP contribution in [0.1, 0.15) is 20.8 Å². The van der Waals surface area contributed by atoms with E-state index in [-0.39, 0.29) is 12.0 Å². The number of rotatable bonds is 7. The molecule has 0 spiro atoms. The average molecular weight is 291 g/mol. The lowest BCUT2D eigenvalue weighted by atomic mass is 9.95. The summed E-state index contributed by atoms with van der Waals surface area (Å²) in [5.41, 5.74) is -0.253. The van der Waals surface area contributed by atoms with Crippen LogP contribution in [-0.2, 0) is 0 Å². The van der Waals surface area contributed by atoms with Gasteiger partial charge in [-0.05, 0) is 13.0 Å². The topological polar surface area (TPSA) is 101 Å². The van der Waals surface area contributed by atoms with Crippen LogP contribution in [0.15, 0.2) is 18.5 Å². The summed E-state index contributed by atoms with van der Waals surface area (Å²) in [5.74, 6) is 1.38. The van der Waals surface area contributed by atoms with E-state index in [0.717, 1.165) is 0 Å². The molecule has 8 nitrogen and oxygen atoms in total.